The molecule has 17 heavy (non-hydrogen) atoms. The highest BCUT2D eigenvalue weighted by molar-refractivity contribution is 5.95. The molecule has 0 amide bonds. The van der Waals surface area contributed by atoms with Crippen LogP contribution in [0.15, 0.2) is 30.3 Å². The number of fused-ring (bicyclic) bond motifs is 1. The molecule has 88 valence electrons. The van der Waals surface area contributed by atoms with Crippen LogP contribution in [0.4, 0.5) is 0 Å². The molecule has 0 aliphatic rings. The summed E-state index contributed by atoms with van der Waals surface area (Å²) in [5, 5.41) is 1.83. The number of hydrogen-bond acceptors (Lipinski definition) is 3. The van der Waals surface area contributed by atoms with Gasteiger partial charge in [0.15, 0.2) is 0 Å². The van der Waals surface area contributed by atoms with Crippen molar-refractivity contribution in [3.63, 3.8) is 0 Å². The van der Waals surface area contributed by atoms with Gasteiger partial charge in [-0.1, -0.05) is 18.2 Å². The van der Waals surface area contributed by atoms with Crippen LogP contribution in [0.5, 0.6) is 11.5 Å². The van der Waals surface area contributed by atoms with Gasteiger partial charge in [0, 0.05) is 6.92 Å². The third kappa shape index (κ3) is 2.23. The maximum absolute atomic E-state index is 11.1. The second-order valence-electron chi connectivity index (χ2n) is 3.92. The second-order valence-corrected chi connectivity index (χ2v) is 3.92. The van der Waals surface area contributed by atoms with E-state index in [2.05, 4.69) is 0 Å². The van der Waals surface area contributed by atoms with E-state index < -0.39 is 0 Å². The van der Waals surface area contributed by atoms with Crippen LogP contribution in [-0.2, 0) is 4.79 Å². The Bertz CT molecular complexity index is 573. The smallest absolute Gasteiger partial charge is 0.308 e. The molecule has 0 N–H and O–H groups in total. The van der Waals surface area contributed by atoms with Crippen LogP contribution in [0.25, 0.3) is 10.8 Å². The average molecular weight is 230 g/mol. The van der Waals surface area contributed by atoms with Gasteiger partial charge in [-0.15, -0.1) is 0 Å². The zero-order chi connectivity index (χ0) is 12.4. The molecule has 3 nitrogen and oxygen atoms in total. The van der Waals surface area contributed by atoms with Crippen LogP contribution < -0.4 is 9.47 Å². The Morgan fingerprint density at radius 2 is 1.94 bits per heavy atom. The highest BCUT2D eigenvalue weighted by Crippen LogP contribution is 2.35. The van der Waals surface area contributed by atoms with E-state index in [1.807, 2.05) is 37.3 Å². The molecule has 2 rings (SSSR count). The molecule has 0 heterocycles. The fourth-order valence-electron chi connectivity index (χ4n) is 1.90. The van der Waals surface area contributed by atoms with E-state index in [1.54, 1.807) is 7.11 Å². The number of carbonyl (C=O) groups is 1. The number of hydrogen-bond donors (Lipinski definition) is 0. The van der Waals surface area contributed by atoms with Crippen molar-refractivity contribution in [3.8, 4) is 11.5 Å². The summed E-state index contributed by atoms with van der Waals surface area (Å²) in [7, 11) is 1.60. The molecular weight excluding hydrogens is 216 g/mol. The first-order valence-electron chi connectivity index (χ1n) is 5.37. The van der Waals surface area contributed by atoms with Crippen molar-refractivity contribution in [1.82, 2.24) is 0 Å². The minimum Gasteiger partial charge on any atom is -0.496 e. The van der Waals surface area contributed by atoms with Crippen LogP contribution >= 0.6 is 0 Å². The zero-order valence-corrected chi connectivity index (χ0v) is 10.1. The predicted molar refractivity (Wildman–Crippen MR) is 66.5 cm³/mol. The van der Waals surface area contributed by atoms with E-state index in [9.17, 15) is 4.79 Å². The number of methoxy groups -OCH3 is 1. The number of aryl methyl sites for hydroxylation is 1. The predicted octanol–water partition coefficient (Wildman–Crippen LogP) is 3.08. The van der Waals surface area contributed by atoms with Gasteiger partial charge in [-0.05, 0) is 30.0 Å². The third-order valence-corrected chi connectivity index (χ3v) is 2.52. The summed E-state index contributed by atoms with van der Waals surface area (Å²) in [6.07, 6.45) is 0. The molecule has 0 bridgehead atoms. The molecule has 0 saturated carbocycles. The van der Waals surface area contributed by atoms with Gasteiger partial charge in [-0.3, -0.25) is 4.79 Å². The minimum atomic E-state index is -0.331. The van der Waals surface area contributed by atoms with Crippen LogP contribution in [0, 0.1) is 6.92 Å². The van der Waals surface area contributed by atoms with Crippen LogP contribution in [0.1, 0.15) is 12.5 Å². The number of benzene rings is 2. The summed E-state index contributed by atoms with van der Waals surface area (Å²) >= 11 is 0. The monoisotopic (exact) mass is 230 g/mol. The maximum Gasteiger partial charge on any atom is 0.308 e. The largest absolute Gasteiger partial charge is 0.496 e. The molecule has 0 unspecified atom stereocenters. The van der Waals surface area contributed by atoms with Crippen LogP contribution in [0.3, 0.4) is 0 Å². The van der Waals surface area contributed by atoms with Gasteiger partial charge >= 0.3 is 5.97 Å². The summed E-state index contributed by atoms with van der Waals surface area (Å²) in [5.74, 6) is 0.923. The van der Waals surface area contributed by atoms with Crippen molar-refractivity contribution < 1.29 is 14.3 Å². The maximum atomic E-state index is 11.1. The highest BCUT2D eigenvalue weighted by atomic mass is 16.5. The standard InChI is InChI=1S/C14H14O3/c1-9-7-11-5-4-6-12(16-3)14(11)13(8-9)17-10(2)15/h4-8H,1-3H3. The highest BCUT2D eigenvalue weighted by Gasteiger charge is 2.10. The van der Waals surface area contributed by atoms with E-state index >= 15 is 0 Å². The van der Waals surface area contributed by atoms with Crippen molar-refractivity contribution in [2.75, 3.05) is 7.11 Å². The fourth-order valence-corrected chi connectivity index (χ4v) is 1.90. The van der Waals surface area contributed by atoms with E-state index in [4.69, 9.17) is 9.47 Å². The topological polar surface area (TPSA) is 35.5 Å². The molecule has 0 atom stereocenters. The molecule has 0 fully saturated rings. The lowest BCUT2D eigenvalue weighted by molar-refractivity contribution is -0.131. The molecule has 0 aliphatic heterocycles. The zero-order valence-electron chi connectivity index (χ0n) is 10.1. The Labute approximate surface area is 100.0 Å². The molecule has 0 saturated heterocycles. The minimum absolute atomic E-state index is 0.331. The van der Waals surface area contributed by atoms with Gasteiger partial charge in [0.25, 0.3) is 0 Å². The lowest BCUT2D eigenvalue weighted by Crippen LogP contribution is -2.02. The first-order chi connectivity index (χ1) is 8.11. The molecule has 0 spiro atoms. The van der Waals surface area contributed by atoms with E-state index in [1.165, 1.54) is 6.92 Å². The Balaban J connectivity index is 2.74. The van der Waals surface area contributed by atoms with E-state index in [-0.39, 0.29) is 5.97 Å². The molecular formula is C14H14O3. The van der Waals surface area contributed by atoms with E-state index in [0.717, 1.165) is 16.3 Å². The molecule has 0 aromatic heterocycles. The molecule has 0 radical (unpaired) electrons. The Morgan fingerprint density at radius 3 is 2.59 bits per heavy atom. The third-order valence-electron chi connectivity index (χ3n) is 2.52. The number of ether oxygens (including phenoxy) is 2. The molecule has 3 heteroatoms. The quantitative estimate of drug-likeness (QED) is 0.587. The number of rotatable bonds is 2. The van der Waals surface area contributed by atoms with Gasteiger partial charge in [0.05, 0.1) is 12.5 Å². The average Bonchev–Trinajstić information content (AvgIpc) is 2.26. The van der Waals surface area contributed by atoms with E-state index in [0.29, 0.717) is 11.5 Å². The van der Waals surface area contributed by atoms with Crippen molar-refractivity contribution in [3.05, 3.63) is 35.9 Å². The lowest BCUT2D eigenvalue weighted by atomic mass is 10.1. The summed E-state index contributed by atoms with van der Waals surface area (Å²) in [6, 6.07) is 9.61. The normalized spacial score (nSPS) is 10.3. The Morgan fingerprint density at radius 1 is 1.18 bits per heavy atom. The SMILES string of the molecule is COc1cccc2cc(C)cc(OC(C)=O)c12. The van der Waals surface area contributed by atoms with Crippen molar-refractivity contribution in [1.29, 1.82) is 0 Å². The Hall–Kier alpha value is -2.03. The van der Waals surface area contributed by atoms with Gasteiger partial charge in [0.1, 0.15) is 11.5 Å². The van der Waals surface area contributed by atoms with Gasteiger partial charge in [0.2, 0.25) is 0 Å². The summed E-state index contributed by atoms with van der Waals surface area (Å²) in [6.45, 7) is 3.36. The van der Waals surface area contributed by atoms with Gasteiger partial charge < -0.3 is 9.47 Å². The summed E-state index contributed by atoms with van der Waals surface area (Å²) in [4.78, 5) is 11.1. The fraction of sp³-hybridized carbons (Fsp3) is 0.214. The first-order valence-corrected chi connectivity index (χ1v) is 5.37. The summed E-state index contributed by atoms with van der Waals surface area (Å²) < 4.78 is 10.5. The van der Waals surface area contributed by atoms with Crippen molar-refractivity contribution >= 4 is 16.7 Å². The van der Waals surface area contributed by atoms with Crippen molar-refractivity contribution in [2.45, 2.75) is 13.8 Å². The molecule has 2 aromatic carbocycles. The number of carbonyl (C=O) groups excluding carboxylic acids is 1. The summed E-state index contributed by atoms with van der Waals surface area (Å²) in [5.41, 5.74) is 1.04. The first kappa shape index (κ1) is 11.5. The van der Waals surface area contributed by atoms with Gasteiger partial charge in [-0.2, -0.15) is 0 Å². The Kier molecular flexibility index (Phi) is 3.00. The lowest BCUT2D eigenvalue weighted by Gasteiger charge is -2.11. The number of esters is 1. The van der Waals surface area contributed by atoms with Crippen LogP contribution in [-0.4, -0.2) is 13.1 Å². The van der Waals surface area contributed by atoms with Crippen molar-refractivity contribution in [2.24, 2.45) is 0 Å². The second kappa shape index (κ2) is 4.45. The molecule has 2 aromatic rings. The molecule has 0 aliphatic carbocycles. The van der Waals surface area contributed by atoms with Gasteiger partial charge in [-0.25, -0.2) is 0 Å². The van der Waals surface area contributed by atoms with Crippen LogP contribution in [0.2, 0.25) is 0 Å².